The molecule has 1 aromatic rings. The average molecular weight is 287 g/mol. The summed E-state index contributed by atoms with van der Waals surface area (Å²) in [5, 5.41) is 5.04. The molecule has 0 N–H and O–H groups in total. The molecule has 0 saturated heterocycles. The minimum absolute atomic E-state index is 0.0218. The van der Waals surface area contributed by atoms with Crippen molar-refractivity contribution in [1.82, 2.24) is 9.78 Å². The minimum atomic E-state index is -0.784. The van der Waals surface area contributed by atoms with E-state index in [1.165, 1.54) is 0 Å². The van der Waals surface area contributed by atoms with Crippen LogP contribution in [0.1, 0.15) is 46.0 Å². The molecule has 4 nitrogen and oxygen atoms in total. The summed E-state index contributed by atoms with van der Waals surface area (Å²) in [4.78, 5) is 12.3. The van der Waals surface area contributed by atoms with Gasteiger partial charge in [0.2, 0.25) is 0 Å². The van der Waals surface area contributed by atoms with Crippen LogP contribution >= 0.6 is 11.6 Å². The van der Waals surface area contributed by atoms with Gasteiger partial charge in [-0.1, -0.05) is 18.5 Å². The van der Waals surface area contributed by atoms with Crippen LogP contribution in [0.25, 0.3) is 0 Å². The standard InChI is InChI=1S/C14H23ClN2O2/c1-6-10-13(15)11(17(7-2)16-10)9-12(18)14(4,5)19-8-3/h6-9H2,1-5H3. The number of halogens is 1. The van der Waals surface area contributed by atoms with Crippen molar-refractivity contribution in [1.29, 1.82) is 0 Å². The first-order valence-corrected chi connectivity index (χ1v) is 7.16. The van der Waals surface area contributed by atoms with Crippen LogP contribution in [0.2, 0.25) is 5.02 Å². The van der Waals surface area contributed by atoms with E-state index in [0.717, 1.165) is 17.8 Å². The zero-order chi connectivity index (χ0) is 14.6. The second-order valence-corrected chi connectivity index (χ2v) is 5.30. The smallest absolute Gasteiger partial charge is 0.170 e. The van der Waals surface area contributed by atoms with Crippen LogP contribution < -0.4 is 0 Å². The number of aryl methyl sites for hydroxylation is 2. The molecule has 1 aromatic heterocycles. The highest BCUT2D eigenvalue weighted by atomic mass is 35.5. The number of ketones is 1. The van der Waals surface area contributed by atoms with Crippen molar-refractivity contribution in [3.05, 3.63) is 16.4 Å². The Kier molecular flexibility index (Phi) is 5.56. The van der Waals surface area contributed by atoms with Crippen LogP contribution in [0.3, 0.4) is 0 Å². The predicted octanol–water partition coefficient (Wildman–Crippen LogP) is 3.05. The number of carbonyl (C=O) groups is 1. The van der Waals surface area contributed by atoms with E-state index in [4.69, 9.17) is 16.3 Å². The van der Waals surface area contributed by atoms with Crippen molar-refractivity contribution in [2.75, 3.05) is 6.61 Å². The Morgan fingerprint density at radius 1 is 1.37 bits per heavy atom. The Morgan fingerprint density at radius 3 is 2.47 bits per heavy atom. The van der Waals surface area contributed by atoms with Crippen LogP contribution in [-0.2, 0) is 28.9 Å². The number of hydrogen-bond donors (Lipinski definition) is 0. The fourth-order valence-electron chi connectivity index (χ4n) is 1.99. The highest BCUT2D eigenvalue weighted by Crippen LogP contribution is 2.24. The summed E-state index contributed by atoms with van der Waals surface area (Å²) in [5.41, 5.74) is 0.854. The molecule has 0 saturated carbocycles. The summed E-state index contributed by atoms with van der Waals surface area (Å²) >= 11 is 6.30. The van der Waals surface area contributed by atoms with E-state index in [1.807, 2.05) is 20.8 Å². The van der Waals surface area contributed by atoms with Gasteiger partial charge in [-0.15, -0.1) is 0 Å². The van der Waals surface area contributed by atoms with Gasteiger partial charge >= 0.3 is 0 Å². The number of nitrogens with zero attached hydrogens (tertiary/aromatic N) is 2. The van der Waals surface area contributed by atoms with Gasteiger partial charge in [0.05, 0.1) is 22.8 Å². The lowest BCUT2D eigenvalue weighted by Gasteiger charge is -2.23. The Labute approximate surface area is 120 Å². The molecule has 0 spiro atoms. The summed E-state index contributed by atoms with van der Waals surface area (Å²) in [6.07, 6.45) is 1.02. The fourth-order valence-corrected chi connectivity index (χ4v) is 2.33. The first-order valence-electron chi connectivity index (χ1n) is 6.78. The van der Waals surface area contributed by atoms with Crippen molar-refractivity contribution in [2.24, 2.45) is 0 Å². The second kappa shape index (κ2) is 6.53. The van der Waals surface area contributed by atoms with E-state index in [2.05, 4.69) is 5.10 Å². The van der Waals surface area contributed by atoms with E-state index in [9.17, 15) is 4.79 Å². The molecule has 19 heavy (non-hydrogen) atoms. The predicted molar refractivity (Wildman–Crippen MR) is 76.7 cm³/mol. The number of hydrogen-bond acceptors (Lipinski definition) is 3. The molecule has 1 heterocycles. The molecule has 0 unspecified atom stereocenters. The first kappa shape index (κ1) is 16.2. The zero-order valence-electron chi connectivity index (χ0n) is 12.4. The topological polar surface area (TPSA) is 44.1 Å². The molecule has 0 bridgehead atoms. The lowest BCUT2D eigenvalue weighted by Crippen LogP contribution is -2.36. The van der Waals surface area contributed by atoms with E-state index < -0.39 is 5.60 Å². The van der Waals surface area contributed by atoms with Gasteiger partial charge in [0.1, 0.15) is 5.60 Å². The Bertz CT molecular complexity index is 453. The van der Waals surface area contributed by atoms with Crippen molar-refractivity contribution in [3.8, 4) is 0 Å². The highest BCUT2D eigenvalue weighted by Gasteiger charge is 2.30. The van der Waals surface area contributed by atoms with Crippen LogP contribution in [0.15, 0.2) is 0 Å². The normalized spacial score (nSPS) is 11.9. The van der Waals surface area contributed by atoms with Crippen LogP contribution in [0.4, 0.5) is 0 Å². The number of rotatable bonds is 7. The Hall–Kier alpha value is -0.870. The number of ether oxygens (including phenoxy) is 1. The average Bonchev–Trinajstić information content (AvgIpc) is 2.66. The molecule has 1 rings (SSSR count). The first-order chi connectivity index (χ1) is 8.87. The third-order valence-electron chi connectivity index (χ3n) is 3.20. The van der Waals surface area contributed by atoms with Crippen molar-refractivity contribution in [2.45, 2.75) is 59.6 Å². The largest absolute Gasteiger partial charge is 0.368 e. The van der Waals surface area contributed by atoms with Gasteiger partial charge in [0.15, 0.2) is 5.78 Å². The summed E-state index contributed by atoms with van der Waals surface area (Å²) in [6.45, 7) is 10.7. The summed E-state index contributed by atoms with van der Waals surface area (Å²) < 4.78 is 7.29. The maximum absolute atomic E-state index is 12.3. The quantitative estimate of drug-likeness (QED) is 0.774. The molecule has 0 amide bonds. The molecule has 108 valence electrons. The number of Topliss-reactive ketones (excluding diaryl/α,β-unsaturated/α-hetero) is 1. The number of carbonyl (C=O) groups excluding carboxylic acids is 1. The maximum Gasteiger partial charge on any atom is 0.170 e. The summed E-state index contributed by atoms with van der Waals surface area (Å²) in [6, 6.07) is 0. The number of aromatic nitrogens is 2. The second-order valence-electron chi connectivity index (χ2n) is 4.92. The van der Waals surface area contributed by atoms with Crippen molar-refractivity contribution < 1.29 is 9.53 Å². The third kappa shape index (κ3) is 3.57. The van der Waals surface area contributed by atoms with Gasteiger partial charge in [-0.2, -0.15) is 5.10 Å². The Morgan fingerprint density at radius 2 is 2.00 bits per heavy atom. The zero-order valence-corrected chi connectivity index (χ0v) is 13.2. The lowest BCUT2D eigenvalue weighted by molar-refractivity contribution is -0.139. The molecule has 0 fully saturated rings. The summed E-state index contributed by atoms with van der Waals surface area (Å²) in [5.74, 6) is 0.0218. The van der Waals surface area contributed by atoms with Gasteiger partial charge in [-0.25, -0.2) is 0 Å². The van der Waals surface area contributed by atoms with Gasteiger partial charge in [0.25, 0.3) is 0 Å². The molecule has 0 radical (unpaired) electrons. The Balaban J connectivity index is 2.99. The lowest BCUT2D eigenvalue weighted by atomic mass is 9.99. The van der Waals surface area contributed by atoms with E-state index in [-0.39, 0.29) is 12.2 Å². The molecule has 5 heteroatoms. The molecular formula is C14H23ClN2O2. The third-order valence-corrected chi connectivity index (χ3v) is 3.64. The van der Waals surface area contributed by atoms with E-state index in [1.54, 1.807) is 18.5 Å². The monoisotopic (exact) mass is 286 g/mol. The molecule has 0 aliphatic carbocycles. The van der Waals surface area contributed by atoms with E-state index >= 15 is 0 Å². The summed E-state index contributed by atoms with van der Waals surface area (Å²) in [7, 11) is 0. The van der Waals surface area contributed by atoms with E-state index in [0.29, 0.717) is 18.2 Å². The molecule has 0 atom stereocenters. The van der Waals surface area contributed by atoms with Gasteiger partial charge in [0, 0.05) is 13.2 Å². The molecule has 0 aliphatic rings. The van der Waals surface area contributed by atoms with Gasteiger partial charge in [-0.3, -0.25) is 9.48 Å². The highest BCUT2D eigenvalue weighted by molar-refractivity contribution is 6.32. The van der Waals surface area contributed by atoms with Crippen LogP contribution in [0.5, 0.6) is 0 Å². The molecule has 0 aliphatic heterocycles. The minimum Gasteiger partial charge on any atom is -0.368 e. The van der Waals surface area contributed by atoms with Crippen molar-refractivity contribution in [3.63, 3.8) is 0 Å². The van der Waals surface area contributed by atoms with Gasteiger partial charge < -0.3 is 4.74 Å². The van der Waals surface area contributed by atoms with Crippen LogP contribution in [-0.4, -0.2) is 27.8 Å². The SMILES string of the molecule is CCOC(C)(C)C(=O)Cc1c(Cl)c(CC)nn1CC. The van der Waals surface area contributed by atoms with Gasteiger partial charge in [-0.05, 0) is 34.1 Å². The molecule has 0 aromatic carbocycles. The fraction of sp³-hybridized carbons (Fsp3) is 0.714. The van der Waals surface area contributed by atoms with Crippen LogP contribution in [0, 0.1) is 0 Å². The maximum atomic E-state index is 12.3. The van der Waals surface area contributed by atoms with Crippen molar-refractivity contribution >= 4 is 17.4 Å². The molecular weight excluding hydrogens is 264 g/mol.